The Morgan fingerprint density at radius 1 is 1.46 bits per heavy atom. The van der Waals surface area contributed by atoms with Crippen LogP contribution in [0.15, 0.2) is 30.6 Å². The van der Waals surface area contributed by atoms with Crippen LogP contribution >= 0.6 is 0 Å². The first-order chi connectivity index (χ1) is 11.6. The normalized spacial score (nSPS) is 20.1. The van der Waals surface area contributed by atoms with Gasteiger partial charge in [-0.05, 0) is 25.5 Å². The summed E-state index contributed by atoms with van der Waals surface area (Å²) in [4.78, 5) is 6.45. The summed E-state index contributed by atoms with van der Waals surface area (Å²) in [5.41, 5.74) is 0.626. The summed E-state index contributed by atoms with van der Waals surface area (Å²) in [7, 11) is 3.36. The van der Waals surface area contributed by atoms with Gasteiger partial charge in [-0.3, -0.25) is 4.90 Å². The highest BCUT2D eigenvalue weighted by atomic mass is 19.1. The van der Waals surface area contributed by atoms with E-state index < -0.39 is 6.10 Å². The second-order valence-electron chi connectivity index (χ2n) is 6.41. The lowest BCUT2D eigenvalue weighted by Gasteiger charge is -2.35. The minimum Gasteiger partial charge on any atom is -0.494 e. The number of aryl methyl sites for hydroxylation is 1. The second kappa shape index (κ2) is 7.32. The Bertz CT molecular complexity index is 689. The van der Waals surface area contributed by atoms with Gasteiger partial charge in [0.2, 0.25) is 0 Å². The van der Waals surface area contributed by atoms with Crippen LogP contribution in [0.1, 0.15) is 30.3 Å². The van der Waals surface area contributed by atoms with E-state index in [2.05, 4.69) is 9.88 Å². The monoisotopic (exact) mass is 333 g/mol. The Hall–Kier alpha value is -1.92. The van der Waals surface area contributed by atoms with Gasteiger partial charge in [-0.1, -0.05) is 12.1 Å². The minimum atomic E-state index is -0.594. The zero-order chi connectivity index (χ0) is 17.1. The SMILES string of the molecule is COc1cccc(CN2CCC[C@H]([C@H](O)c3nccn3C)C2)c1F. The number of methoxy groups -OCH3 is 1. The maximum Gasteiger partial charge on any atom is 0.169 e. The van der Waals surface area contributed by atoms with Crippen molar-refractivity contribution in [3.05, 3.63) is 47.8 Å². The molecule has 0 aliphatic carbocycles. The molecule has 1 aliphatic rings. The minimum absolute atomic E-state index is 0.105. The fourth-order valence-electron chi connectivity index (χ4n) is 3.44. The number of aliphatic hydroxyl groups excluding tert-OH is 1. The van der Waals surface area contributed by atoms with Crippen LogP contribution in [-0.2, 0) is 13.6 Å². The molecular weight excluding hydrogens is 309 g/mol. The number of piperidine rings is 1. The fourth-order valence-corrected chi connectivity index (χ4v) is 3.44. The molecule has 5 nitrogen and oxygen atoms in total. The highest BCUT2D eigenvalue weighted by Gasteiger charge is 2.29. The van der Waals surface area contributed by atoms with Crippen molar-refractivity contribution < 1.29 is 14.2 Å². The van der Waals surface area contributed by atoms with Crippen molar-refractivity contribution in [2.24, 2.45) is 13.0 Å². The average molecular weight is 333 g/mol. The summed E-state index contributed by atoms with van der Waals surface area (Å²) in [6, 6.07) is 5.22. The largest absolute Gasteiger partial charge is 0.494 e. The standard InChI is InChI=1S/C18H24FN3O2/c1-21-10-8-20-18(21)17(23)14-6-4-9-22(12-14)11-13-5-3-7-15(24-2)16(13)19/h3,5,7-8,10,14,17,23H,4,6,9,11-12H2,1-2H3/t14-,17-/m0/s1. The number of likely N-dealkylation sites (tertiary alicyclic amines) is 1. The molecule has 0 unspecified atom stereocenters. The van der Waals surface area contributed by atoms with Gasteiger partial charge >= 0.3 is 0 Å². The van der Waals surface area contributed by atoms with E-state index in [0.29, 0.717) is 17.9 Å². The van der Waals surface area contributed by atoms with Crippen molar-refractivity contribution in [2.75, 3.05) is 20.2 Å². The number of aromatic nitrogens is 2. The topological polar surface area (TPSA) is 50.5 Å². The average Bonchev–Trinajstić information content (AvgIpc) is 3.02. The van der Waals surface area contributed by atoms with Gasteiger partial charge in [0.1, 0.15) is 11.9 Å². The van der Waals surface area contributed by atoms with Gasteiger partial charge in [0.05, 0.1) is 7.11 Å². The first-order valence-corrected chi connectivity index (χ1v) is 8.29. The zero-order valence-corrected chi connectivity index (χ0v) is 14.2. The van der Waals surface area contributed by atoms with Crippen LogP contribution in [0.2, 0.25) is 0 Å². The van der Waals surface area contributed by atoms with Gasteiger partial charge in [-0.2, -0.15) is 0 Å². The van der Waals surface area contributed by atoms with Crippen LogP contribution in [0, 0.1) is 11.7 Å². The number of rotatable bonds is 5. The van der Waals surface area contributed by atoms with Crippen LogP contribution in [0.5, 0.6) is 5.75 Å². The summed E-state index contributed by atoms with van der Waals surface area (Å²) in [6.07, 6.45) is 4.88. The van der Waals surface area contributed by atoms with E-state index in [9.17, 15) is 9.50 Å². The van der Waals surface area contributed by atoms with E-state index in [1.54, 1.807) is 24.4 Å². The molecule has 0 radical (unpaired) electrons. The third-order valence-corrected chi connectivity index (χ3v) is 4.77. The van der Waals surface area contributed by atoms with Gasteiger partial charge in [-0.25, -0.2) is 9.37 Å². The Morgan fingerprint density at radius 3 is 3.00 bits per heavy atom. The fraction of sp³-hybridized carbons (Fsp3) is 0.500. The molecule has 1 aromatic carbocycles. The molecule has 1 aliphatic heterocycles. The van der Waals surface area contributed by atoms with Gasteiger partial charge in [0.15, 0.2) is 11.6 Å². The Balaban J connectivity index is 1.69. The number of benzene rings is 1. The summed E-state index contributed by atoms with van der Waals surface area (Å²) in [6.45, 7) is 2.15. The molecular formula is C18H24FN3O2. The van der Waals surface area contributed by atoms with Crippen LogP contribution in [0.3, 0.4) is 0 Å². The Kier molecular flexibility index (Phi) is 5.16. The first-order valence-electron chi connectivity index (χ1n) is 8.29. The molecule has 6 heteroatoms. The zero-order valence-electron chi connectivity index (χ0n) is 14.2. The van der Waals surface area contributed by atoms with Crippen molar-refractivity contribution in [3.8, 4) is 5.75 Å². The summed E-state index contributed by atoms with van der Waals surface area (Å²) >= 11 is 0. The van der Waals surface area contributed by atoms with E-state index >= 15 is 0 Å². The summed E-state index contributed by atoms with van der Waals surface area (Å²) in [5.74, 6) is 0.767. The molecule has 24 heavy (non-hydrogen) atoms. The first kappa shape index (κ1) is 16.9. The van der Waals surface area contributed by atoms with Crippen LogP contribution in [-0.4, -0.2) is 39.8 Å². The maximum atomic E-state index is 14.3. The molecule has 0 bridgehead atoms. The number of aliphatic hydroxyl groups is 1. The lowest BCUT2D eigenvalue weighted by Crippen LogP contribution is -2.38. The molecule has 2 aromatic rings. The predicted octanol–water partition coefficient (Wildman–Crippen LogP) is 2.51. The number of halogens is 1. The molecule has 0 spiro atoms. The number of hydrogen-bond acceptors (Lipinski definition) is 4. The molecule has 130 valence electrons. The molecule has 1 N–H and O–H groups in total. The number of ether oxygens (including phenoxy) is 1. The number of imidazole rings is 1. The van der Waals surface area contributed by atoms with Crippen LogP contribution < -0.4 is 4.74 Å². The Labute approximate surface area is 141 Å². The third-order valence-electron chi connectivity index (χ3n) is 4.77. The molecule has 2 atom stereocenters. The van der Waals surface area contributed by atoms with E-state index in [-0.39, 0.29) is 17.5 Å². The van der Waals surface area contributed by atoms with Gasteiger partial charge in [-0.15, -0.1) is 0 Å². The smallest absolute Gasteiger partial charge is 0.169 e. The quantitative estimate of drug-likeness (QED) is 0.913. The van der Waals surface area contributed by atoms with Crippen LogP contribution in [0.25, 0.3) is 0 Å². The van der Waals surface area contributed by atoms with Gasteiger partial charge in [0.25, 0.3) is 0 Å². The lowest BCUT2D eigenvalue weighted by atomic mass is 9.91. The lowest BCUT2D eigenvalue weighted by molar-refractivity contribution is 0.0401. The van der Waals surface area contributed by atoms with Crippen molar-refractivity contribution in [1.29, 1.82) is 0 Å². The highest BCUT2D eigenvalue weighted by Crippen LogP contribution is 2.30. The van der Waals surface area contributed by atoms with E-state index in [0.717, 1.165) is 25.9 Å². The van der Waals surface area contributed by atoms with Crippen molar-refractivity contribution in [1.82, 2.24) is 14.5 Å². The molecule has 0 saturated carbocycles. The van der Waals surface area contributed by atoms with E-state index in [4.69, 9.17) is 4.74 Å². The predicted molar refractivity (Wildman–Crippen MR) is 89.1 cm³/mol. The van der Waals surface area contributed by atoms with Crippen LogP contribution in [0.4, 0.5) is 4.39 Å². The van der Waals surface area contributed by atoms with Crippen molar-refractivity contribution >= 4 is 0 Å². The maximum absolute atomic E-state index is 14.3. The highest BCUT2D eigenvalue weighted by molar-refractivity contribution is 5.31. The number of nitrogens with zero attached hydrogens (tertiary/aromatic N) is 3. The molecule has 1 saturated heterocycles. The molecule has 1 fully saturated rings. The molecule has 3 rings (SSSR count). The summed E-state index contributed by atoms with van der Waals surface area (Å²) in [5, 5.41) is 10.6. The molecule has 1 aromatic heterocycles. The van der Waals surface area contributed by atoms with E-state index in [1.807, 2.05) is 17.8 Å². The van der Waals surface area contributed by atoms with Crippen molar-refractivity contribution in [2.45, 2.75) is 25.5 Å². The molecule has 0 amide bonds. The van der Waals surface area contributed by atoms with E-state index in [1.165, 1.54) is 7.11 Å². The van der Waals surface area contributed by atoms with Crippen molar-refractivity contribution in [3.63, 3.8) is 0 Å². The second-order valence-corrected chi connectivity index (χ2v) is 6.41. The third kappa shape index (κ3) is 3.44. The summed E-state index contributed by atoms with van der Waals surface area (Å²) < 4.78 is 21.2. The Morgan fingerprint density at radius 2 is 2.29 bits per heavy atom. The molecule has 2 heterocycles. The van der Waals surface area contributed by atoms with Gasteiger partial charge in [0, 0.05) is 44.0 Å². The number of hydrogen-bond donors (Lipinski definition) is 1. The van der Waals surface area contributed by atoms with Gasteiger partial charge < -0.3 is 14.4 Å².